The fourth-order valence-electron chi connectivity index (χ4n) is 2.01. The third-order valence-electron chi connectivity index (χ3n) is 2.84. The van der Waals surface area contributed by atoms with Gasteiger partial charge in [0.15, 0.2) is 11.3 Å². The summed E-state index contributed by atoms with van der Waals surface area (Å²) in [5.41, 5.74) is 0.316. The SMILES string of the molecule is Fc1cccc2c(N3CCNCC3)onc12. The zero-order valence-electron chi connectivity index (χ0n) is 8.74. The smallest absolute Gasteiger partial charge is 0.235 e. The Kier molecular flexibility index (Phi) is 2.25. The monoisotopic (exact) mass is 221 g/mol. The van der Waals surface area contributed by atoms with Crippen LogP contribution < -0.4 is 10.2 Å². The molecular formula is C11H12FN3O. The van der Waals surface area contributed by atoms with Crippen molar-refractivity contribution in [3.8, 4) is 0 Å². The fraction of sp³-hybridized carbons (Fsp3) is 0.364. The molecule has 3 rings (SSSR count). The molecule has 2 aromatic rings. The average Bonchev–Trinajstić information content (AvgIpc) is 2.75. The Morgan fingerprint density at radius 2 is 2.12 bits per heavy atom. The van der Waals surface area contributed by atoms with Crippen molar-refractivity contribution in [1.82, 2.24) is 10.5 Å². The zero-order valence-corrected chi connectivity index (χ0v) is 8.74. The van der Waals surface area contributed by atoms with E-state index in [4.69, 9.17) is 4.52 Å². The molecule has 0 unspecified atom stereocenters. The summed E-state index contributed by atoms with van der Waals surface area (Å²) < 4.78 is 18.7. The Morgan fingerprint density at radius 3 is 2.94 bits per heavy atom. The van der Waals surface area contributed by atoms with Crippen LogP contribution in [0.1, 0.15) is 0 Å². The van der Waals surface area contributed by atoms with Gasteiger partial charge >= 0.3 is 0 Å². The summed E-state index contributed by atoms with van der Waals surface area (Å²) >= 11 is 0. The topological polar surface area (TPSA) is 41.3 Å². The van der Waals surface area contributed by atoms with Crippen LogP contribution in [0.15, 0.2) is 22.7 Å². The number of anilines is 1. The zero-order chi connectivity index (χ0) is 11.0. The highest BCUT2D eigenvalue weighted by Gasteiger charge is 2.19. The van der Waals surface area contributed by atoms with Crippen LogP contribution in [0.25, 0.3) is 10.9 Å². The van der Waals surface area contributed by atoms with Gasteiger partial charge in [-0.15, -0.1) is 0 Å². The maximum absolute atomic E-state index is 13.4. The van der Waals surface area contributed by atoms with E-state index in [2.05, 4.69) is 15.4 Å². The van der Waals surface area contributed by atoms with Gasteiger partial charge in [0.05, 0.1) is 5.39 Å². The van der Waals surface area contributed by atoms with Gasteiger partial charge in [-0.2, -0.15) is 0 Å². The number of aromatic nitrogens is 1. The first-order chi connectivity index (χ1) is 7.86. The lowest BCUT2D eigenvalue weighted by molar-refractivity contribution is 0.412. The molecule has 0 amide bonds. The number of halogens is 1. The van der Waals surface area contributed by atoms with Crippen LogP contribution in [-0.4, -0.2) is 31.3 Å². The Morgan fingerprint density at radius 1 is 1.31 bits per heavy atom. The molecule has 0 atom stereocenters. The highest BCUT2D eigenvalue weighted by molar-refractivity contribution is 5.89. The molecule has 4 nitrogen and oxygen atoms in total. The molecule has 1 fully saturated rings. The van der Waals surface area contributed by atoms with Crippen LogP contribution in [0, 0.1) is 5.82 Å². The second-order valence-corrected chi connectivity index (χ2v) is 3.86. The second kappa shape index (κ2) is 3.75. The molecule has 0 aliphatic carbocycles. The van der Waals surface area contributed by atoms with Gasteiger partial charge in [-0.05, 0) is 12.1 Å². The van der Waals surface area contributed by atoms with Crippen LogP contribution >= 0.6 is 0 Å². The lowest BCUT2D eigenvalue weighted by Crippen LogP contribution is -2.43. The van der Waals surface area contributed by atoms with Gasteiger partial charge in [-0.1, -0.05) is 11.2 Å². The number of nitrogens with one attached hydrogen (secondary N) is 1. The summed E-state index contributed by atoms with van der Waals surface area (Å²) in [7, 11) is 0. The Hall–Kier alpha value is -1.62. The number of hydrogen-bond donors (Lipinski definition) is 1. The third-order valence-corrected chi connectivity index (χ3v) is 2.84. The van der Waals surface area contributed by atoms with Gasteiger partial charge in [0.2, 0.25) is 5.88 Å². The molecule has 1 aliphatic heterocycles. The lowest BCUT2D eigenvalue weighted by Gasteiger charge is -2.26. The normalized spacial score (nSPS) is 16.9. The molecule has 1 aromatic carbocycles. The molecule has 1 saturated heterocycles. The van der Waals surface area contributed by atoms with E-state index in [1.54, 1.807) is 6.07 Å². The quantitative estimate of drug-likeness (QED) is 0.789. The van der Waals surface area contributed by atoms with Crippen molar-refractivity contribution in [2.45, 2.75) is 0 Å². The number of nitrogens with zero attached hydrogens (tertiary/aromatic N) is 2. The predicted molar refractivity (Wildman–Crippen MR) is 59.0 cm³/mol. The van der Waals surface area contributed by atoms with E-state index in [1.165, 1.54) is 6.07 Å². The van der Waals surface area contributed by atoms with E-state index in [0.717, 1.165) is 31.6 Å². The van der Waals surface area contributed by atoms with Crippen LogP contribution in [0.5, 0.6) is 0 Å². The minimum absolute atomic E-state index is 0.316. The number of fused-ring (bicyclic) bond motifs is 1. The molecule has 84 valence electrons. The van der Waals surface area contributed by atoms with Gasteiger partial charge < -0.3 is 14.7 Å². The van der Waals surface area contributed by atoms with Gasteiger partial charge in [-0.25, -0.2) is 4.39 Å². The first kappa shape index (κ1) is 9.59. The van der Waals surface area contributed by atoms with Crippen LogP contribution in [0.2, 0.25) is 0 Å². The summed E-state index contributed by atoms with van der Waals surface area (Å²) in [6.45, 7) is 3.55. The highest BCUT2D eigenvalue weighted by atomic mass is 19.1. The van der Waals surface area contributed by atoms with E-state index in [-0.39, 0.29) is 5.82 Å². The standard InChI is InChI=1S/C11H12FN3O/c12-9-3-1-2-8-10(9)14-16-11(8)15-6-4-13-5-7-15/h1-3,13H,4-7H2. The Bertz CT molecular complexity index is 505. The first-order valence-corrected chi connectivity index (χ1v) is 5.36. The summed E-state index contributed by atoms with van der Waals surface area (Å²) in [5.74, 6) is 0.346. The molecule has 16 heavy (non-hydrogen) atoms. The number of piperazine rings is 1. The predicted octanol–water partition coefficient (Wildman–Crippen LogP) is 1.38. The molecule has 1 N–H and O–H groups in total. The highest BCUT2D eigenvalue weighted by Crippen LogP contribution is 2.28. The Labute approximate surface area is 92.0 Å². The largest absolute Gasteiger partial charge is 0.338 e. The molecule has 0 spiro atoms. The molecular weight excluding hydrogens is 209 g/mol. The minimum Gasteiger partial charge on any atom is -0.338 e. The number of benzene rings is 1. The van der Waals surface area contributed by atoms with Crippen molar-refractivity contribution in [1.29, 1.82) is 0 Å². The average molecular weight is 221 g/mol. The third kappa shape index (κ3) is 1.44. The molecule has 1 aliphatic rings. The number of hydrogen-bond acceptors (Lipinski definition) is 4. The van der Waals surface area contributed by atoms with Gasteiger partial charge in [0.1, 0.15) is 0 Å². The van der Waals surface area contributed by atoms with Crippen LogP contribution in [-0.2, 0) is 0 Å². The van der Waals surface area contributed by atoms with Crippen molar-refractivity contribution < 1.29 is 8.91 Å². The van der Waals surface area contributed by atoms with Gasteiger partial charge in [-0.3, -0.25) is 0 Å². The molecule has 0 radical (unpaired) electrons. The van der Waals surface area contributed by atoms with E-state index in [0.29, 0.717) is 11.4 Å². The molecule has 5 heteroatoms. The molecule has 0 saturated carbocycles. The second-order valence-electron chi connectivity index (χ2n) is 3.86. The molecule has 1 aromatic heterocycles. The van der Waals surface area contributed by atoms with E-state index in [9.17, 15) is 4.39 Å². The van der Waals surface area contributed by atoms with E-state index in [1.807, 2.05) is 6.07 Å². The minimum atomic E-state index is -0.331. The fourth-order valence-corrected chi connectivity index (χ4v) is 2.01. The molecule has 2 heterocycles. The van der Waals surface area contributed by atoms with Gasteiger partial charge in [0, 0.05) is 26.2 Å². The summed E-state index contributed by atoms with van der Waals surface area (Å²) in [4.78, 5) is 2.09. The van der Waals surface area contributed by atoms with E-state index < -0.39 is 0 Å². The number of rotatable bonds is 1. The summed E-state index contributed by atoms with van der Waals surface area (Å²) in [5, 5.41) is 7.79. The first-order valence-electron chi connectivity index (χ1n) is 5.36. The van der Waals surface area contributed by atoms with Crippen molar-refractivity contribution in [2.24, 2.45) is 0 Å². The lowest BCUT2D eigenvalue weighted by atomic mass is 10.2. The van der Waals surface area contributed by atoms with Gasteiger partial charge in [0.25, 0.3) is 0 Å². The maximum atomic E-state index is 13.4. The molecule has 0 bridgehead atoms. The van der Waals surface area contributed by atoms with Crippen LogP contribution in [0.3, 0.4) is 0 Å². The van der Waals surface area contributed by atoms with Crippen molar-refractivity contribution in [2.75, 3.05) is 31.1 Å². The van der Waals surface area contributed by atoms with Crippen molar-refractivity contribution in [3.63, 3.8) is 0 Å². The van der Waals surface area contributed by atoms with Crippen molar-refractivity contribution >= 4 is 16.8 Å². The Balaban J connectivity index is 2.06. The van der Waals surface area contributed by atoms with Crippen molar-refractivity contribution in [3.05, 3.63) is 24.0 Å². The summed E-state index contributed by atoms with van der Waals surface area (Å²) in [6.07, 6.45) is 0. The summed E-state index contributed by atoms with van der Waals surface area (Å²) in [6, 6.07) is 4.92. The van der Waals surface area contributed by atoms with Crippen LogP contribution in [0.4, 0.5) is 10.3 Å². The van der Waals surface area contributed by atoms with E-state index >= 15 is 0 Å². The maximum Gasteiger partial charge on any atom is 0.235 e.